The molecule has 0 saturated carbocycles. The Morgan fingerprint density at radius 2 is 2.19 bits per heavy atom. The summed E-state index contributed by atoms with van der Waals surface area (Å²) in [5, 5.41) is 0. The van der Waals surface area contributed by atoms with E-state index in [2.05, 4.69) is 58.0 Å². The zero-order chi connectivity index (χ0) is 14.5. The molecule has 1 aromatic heterocycles. The van der Waals surface area contributed by atoms with Crippen LogP contribution >= 0.6 is 0 Å². The maximum absolute atomic E-state index is 5.45. The number of ether oxygens (including phenoxy) is 1. The van der Waals surface area contributed by atoms with E-state index in [0.29, 0.717) is 5.92 Å². The van der Waals surface area contributed by atoms with Crippen molar-refractivity contribution in [1.29, 1.82) is 0 Å². The van der Waals surface area contributed by atoms with E-state index in [1.165, 1.54) is 12.0 Å². The summed E-state index contributed by atoms with van der Waals surface area (Å²) in [6, 6.07) is 10.5. The van der Waals surface area contributed by atoms with Gasteiger partial charge >= 0.3 is 0 Å². The van der Waals surface area contributed by atoms with Gasteiger partial charge in [0.05, 0.1) is 13.2 Å². The molecule has 0 bridgehead atoms. The van der Waals surface area contributed by atoms with Gasteiger partial charge in [0.1, 0.15) is 5.82 Å². The van der Waals surface area contributed by atoms with E-state index in [0.717, 1.165) is 38.7 Å². The van der Waals surface area contributed by atoms with Gasteiger partial charge < -0.3 is 9.30 Å². The molecular weight excluding hydrogens is 262 g/mol. The molecule has 2 aromatic rings. The van der Waals surface area contributed by atoms with Crippen molar-refractivity contribution >= 4 is 0 Å². The van der Waals surface area contributed by atoms with Crippen LogP contribution in [0.25, 0.3) is 0 Å². The van der Waals surface area contributed by atoms with Crippen molar-refractivity contribution in [3.8, 4) is 0 Å². The van der Waals surface area contributed by atoms with Crippen LogP contribution in [-0.4, -0.2) is 41.3 Å². The summed E-state index contributed by atoms with van der Waals surface area (Å²) in [5.74, 6) is 1.80. The molecule has 1 aromatic carbocycles. The lowest BCUT2D eigenvalue weighted by molar-refractivity contribution is 0.172. The molecule has 112 valence electrons. The first-order valence-corrected chi connectivity index (χ1v) is 7.61. The van der Waals surface area contributed by atoms with E-state index in [9.17, 15) is 0 Å². The molecule has 21 heavy (non-hydrogen) atoms. The number of hydrogen-bond acceptors (Lipinski definition) is 3. The summed E-state index contributed by atoms with van der Waals surface area (Å²) >= 11 is 0. The molecule has 0 unspecified atom stereocenters. The second-order valence-electron chi connectivity index (χ2n) is 5.88. The van der Waals surface area contributed by atoms with E-state index < -0.39 is 0 Å². The third-order valence-corrected chi connectivity index (χ3v) is 4.00. The quantitative estimate of drug-likeness (QED) is 0.816. The van der Waals surface area contributed by atoms with Crippen molar-refractivity contribution < 1.29 is 4.74 Å². The number of nitrogens with zero attached hydrogens (tertiary/aromatic N) is 3. The Kier molecular flexibility index (Phi) is 4.68. The van der Waals surface area contributed by atoms with Crippen LogP contribution in [0.3, 0.4) is 0 Å². The minimum absolute atomic E-state index is 0.674. The van der Waals surface area contributed by atoms with Crippen LogP contribution < -0.4 is 0 Å². The fourth-order valence-corrected chi connectivity index (χ4v) is 2.89. The maximum atomic E-state index is 5.45. The molecule has 0 N–H and O–H groups in total. The van der Waals surface area contributed by atoms with Gasteiger partial charge in [-0.3, -0.25) is 4.90 Å². The van der Waals surface area contributed by atoms with Gasteiger partial charge in [-0.25, -0.2) is 4.98 Å². The Labute approximate surface area is 126 Å². The lowest BCUT2D eigenvalue weighted by atomic mass is 10.1. The first-order valence-electron chi connectivity index (χ1n) is 7.61. The summed E-state index contributed by atoms with van der Waals surface area (Å²) in [6.45, 7) is 4.68. The Hall–Kier alpha value is -1.65. The highest BCUT2D eigenvalue weighted by Crippen LogP contribution is 2.14. The molecule has 1 atom stereocenters. The Bertz CT molecular complexity index is 546. The number of rotatable bonds is 6. The zero-order valence-electron chi connectivity index (χ0n) is 12.6. The monoisotopic (exact) mass is 285 g/mol. The summed E-state index contributed by atoms with van der Waals surface area (Å²) < 4.78 is 7.68. The smallest absolute Gasteiger partial charge is 0.123 e. The summed E-state index contributed by atoms with van der Waals surface area (Å²) in [5.41, 5.74) is 1.31. The topological polar surface area (TPSA) is 30.3 Å². The van der Waals surface area contributed by atoms with E-state index in [-0.39, 0.29) is 0 Å². The van der Waals surface area contributed by atoms with Gasteiger partial charge in [-0.2, -0.15) is 0 Å². The maximum Gasteiger partial charge on any atom is 0.123 e. The van der Waals surface area contributed by atoms with E-state index in [1.54, 1.807) is 0 Å². The lowest BCUT2D eigenvalue weighted by Crippen LogP contribution is -2.27. The third kappa shape index (κ3) is 3.93. The SMILES string of the molecule is CN(Cc1nccn1Cc1ccccc1)C[C@H]1CCOC1. The van der Waals surface area contributed by atoms with Crippen LogP contribution in [0.15, 0.2) is 42.7 Å². The van der Waals surface area contributed by atoms with E-state index >= 15 is 0 Å². The normalized spacial score (nSPS) is 18.5. The summed E-state index contributed by atoms with van der Waals surface area (Å²) in [6.07, 6.45) is 5.14. The molecule has 0 aliphatic carbocycles. The zero-order valence-corrected chi connectivity index (χ0v) is 12.6. The van der Waals surface area contributed by atoms with Crippen LogP contribution in [0, 0.1) is 5.92 Å². The molecule has 3 rings (SSSR count). The average Bonchev–Trinajstić information content (AvgIpc) is 3.13. The molecule has 0 radical (unpaired) electrons. The predicted molar refractivity (Wildman–Crippen MR) is 83.0 cm³/mol. The molecule has 1 aliphatic heterocycles. The number of hydrogen-bond donors (Lipinski definition) is 0. The van der Waals surface area contributed by atoms with Crippen molar-refractivity contribution in [3.63, 3.8) is 0 Å². The van der Waals surface area contributed by atoms with Gasteiger partial charge in [-0.15, -0.1) is 0 Å². The molecule has 1 fully saturated rings. The minimum Gasteiger partial charge on any atom is -0.381 e. The van der Waals surface area contributed by atoms with Gasteiger partial charge in [-0.1, -0.05) is 30.3 Å². The van der Waals surface area contributed by atoms with Gasteiger partial charge in [0.25, 0.3) is 0 Å². The standard InChI is InChI=1S/C17H23N3O/c1-19(11-16-7-10-21-14-16)13-17-18-8-9-20(17)12-15-5-3-2-4-6-15/h2-6,8-9,16H,7,10-14H2,1H3/t16-/m1/s1. The molecule has 4 nitrogen and oxygen atoms in total. The average molecular weight is 285 g/mol. The van der Waals surface area contributed by atoms with Crippen molar-refractivity contribution in [3.05, 3.63) is 54.1 Å². The van der Waals surface area contributed by atoms with Crippen molar-refractivity contribution in [2.24, 2.45) is 5.92 Å². The Morgan fingerprint density at radius 1 is 1.33 bits per heavy atom. The third-order valence-electron chi connectivity index (χ3n) is 4.00. The second-order valence-corrected chi connectivity index (χ2v) is 5.88. The van der Waals surface area contributed by atoms with Gasteiger partial charge in [0.2, 0.25) is 0 Å². The Morgan fingerprint density at radius 3 is 2.95 bits per heavy atom. The summed E-state index contributed by atoms with van der Waals surface area (Å²) in [4.78, 5) is 6.87. The van der Waals surface area contributed by atoms with Gasteiger partial charge in [0, 0.05) is 32.1 Å². The van der Waals surface area contributed by atoms with Crippen LogP contribution in [-0.2, 0) is 17.8 Å². The molecule has 0 spiro atoms. The van der Waals surface area contributed by atoms with Crippen molar-refractivity contribution in [1.82, 2.24) is 14.5 Å². The second kappa shape index (κ2) is 6.87. The van der Waals surface area contributed by atoms with Gasteiger partial charge in [0.15, 0.2) is 0 Å². The molecule has 1 saturated heterocycles. The minimum atomic E-state index is 0.674. The summed E-state index contributed by atoms with van der Waals surface area (Å²) in [7, 11) is 2.17. The number of benzene rings is 1. The largest absolute Gasteiger partial charge is 0.381 e. The molecule has 4 heteroatoms. The van der Waals surface area contributed by atoms with Gasteiger partial charge in [-0.05, 0) is 24.9 Å². The molecule has 1 aliphatic rings. The fraction of sp³-hybridized carbons (Fsp3) is 0.471. The highest BCUT2D eigenvalue weighted by Gasteiger charge is 2.18. The fourth-order valence-electron chi connectivity index (χ4n) is 2.89. The van der Waals surface area contributed by atoms with E-state index in [1.807, 2.05) is 6.20 Å². The van der Waals surface area contributed by atoms with Crippen molar-refractivity contribution in [2.75, 3.05) is 26.8 Å². The molecule has 2 heterocycles. The van der Waals surface area contributed by atoms with Crippen LogP contribution in [0.5, 0.6) is 0 Å². The predicted octanol–water partition coefficient (Wildman–Crippen LogP) is 2.40. The molecule has 0 amide bonds. The van der Waals surface area contributed by atoms with Crippen LogP contribution in [0.2, 0.25) is 0 Å². The van der Waals surface area contributed by atoms with Crippen LogP contribution in [0.4, 0.5) is 0 Å². The number of aromatic nitrogens is 2. The first-order chi connectivity index (χ1) is 10.3. The Balaban J connectivity index is 1.59. The van der Waals surface area contributed by atoms with Crippen LogP contribution in [0.1, 0.15) is 17.8 Å². The van der Waals surface area contributed by atoms with Crippen molar-refractivity contribution in [2.45, 2.75) is 19.5 Å². The first kappa shape index (κ1) is 14.3. The van der Waals surface area contributed by atoms with E-state index in [4.69, 9.17) is 4.74 Å². The highest BCUT2D eigenvalue weighted by atomic mass is 16.5. The highest BCUT2D eigenvalue weighted by molar-refractivity contribution is 5.15. The molecular formula is C17H23N3O. The lowest BCUT2D eigenvalue weighted by Gasteiger charge is -2.20. The number of imidazole rings is 1.